The molecule has 2 N–H and O–H groups in total. The highest BCUT2D eigenvalue weighted by Crippen LogP contribution is 2.47. The molecule has 1 heterocycles. The highest BCUT2D eigenvalue weighted by molar-refractivity contribution is 9.10. The molecule has 0 spiro atoms. The van der Waals surface area contributed by atoms with E-state index >= 15 is 0 Å². The molecule has 2 aromatic rings. The first kappa shape index (κ1) is 14.6. The fourth-order valence-corrected chi connectivity index (χ4v) is 2.36. The Hall–Kier alpha value is -1.80. The number of methoxy groups -OCH3 is 3. The molecule has 0 saturated heterocycles. The zero-order valence-electron chi connectivity index (χ0n) is 11.3. The number of halogens is 1. The molecule has 0 aliphatic rings. The molecular weight excluding hydrogens is 330 g/mol. The van der Waals surface area contributed by atoms with E-state index in [4.69, 9.17) is 24.5 Å². The summed E-state index contributed by atoms with van der Waals surface area (Å²) in [5.74, 6) is 2.14. The van der Waals surface area contributed by atoms with Gasteiger partial charge in [-0.05, 0) is 15.9 Å². The first-order valence-corrected chi connectivity index (χ1v) is 6.47. The Bertz CT molecular complexity index is 615. The van der Waals surface area contributed by atoms with E-state index in [2.05, 4.69) is 26.1 Å². The Morgan fingerprint density at radius 1 is 1.20 bits per heavy atom. The average molecular weight is 344 g/mol. The van der Waals surface area contributed by atoms with Gasteiger partial charge in [0.1, 0.15) is 11.3 Å². The summed E-state index contributed by atoms with van der Waals surface area (Å²) in [5, 5.41) is 3.89. The maximum atomic E-state index is 5.48. The first-order valence-electron chi connectivity index (χ1n) is 5.67. The summed E-state index contributed by atoms with van der Waals surface area (Å²) in [6.07, 6.45) is 0. The second-order valence-corrected chi connectivity index (χ2v) is 4.57. The minimum Gasteiger partial charge on any atom is -0.495 e. The Morgan fingerprint density at radius 3 is 2.40 bits per heavy atom. The van der Waals surface area contributed by atoms with Gasteiger partial charge in [-0.1, -0.05) is 5.16 Å². The SMILES string of the molecule is COc1cc(Br)c(OC)c(-c2noc(CN)n2)c1OC. The lowest BCUT2D eigenvalue weighted by Gasteiger charge is -2.15. The summed E-state index contributed by atoms with van der Waals surface area (Å²) in [6, 6.07) is 1.74. The van der Waals surface area contributed by atoms with Crippen molar-refractivity contribution in [3.63, 3.8) is 0 Å². The molecule has 0 fully saturated rings. The molecule has 1 aromatic heterocycles. The largest absolute Gasteiger partial charge is 0.495 e. The van der Waals surface area contributed by atoms with Crippen molar-refractivity contribution >= 4 is 15.9 Å². The monoisotopic (exact) mass is 343 g/mol. The summed E-state index contributed by atoms with van der Waals surface area (Å²) < 4.78 is 21.8. The second kappa shape index (κ2) is 6.10. The van der Waals surface area contributed by atoms with E-state index in [1.54, 1.807) is 20.3 Å². The molecule has 0 saturated carbocycles. The van der Waals surface area contributed by atoms with Crippen LogP contribution >= 0.6 is 15.9 Å². The quantitative estimate of drug-likeness (QED) is 0.886. The van der Waals surface area contributed by atoms with Crippen LogP contribution in [0, 0.1) is 0 Å². The Kier molecular flexibility index (Phi) is 4.46. The molecular formula is C12H14BrN3O4. The van der Waals surface area contributed by atoms with Gasteiger partial charge in [0.2, 0.25) is 11.7 Å². The molecule has 7 nitrogen and oxygen atoms in total. The molecule has 0 radical (unpaired) electrons. The molecule has 20 heavy (non-hydrogen) atoms. The number of nitrogens with zero attached hydrogens (tertiary/aromatic N) is 2. The van der Waals surface area contributed by atoms with Gasteiger partial charge >= 0.3 is 0 Å². The fourth-order valence-electron chi connectivity index (χ4n) is 1.79. The lowest BCUT2D eigenvalue weighted by atomic mass is 10.1. The van der Waals surface area contributed by atoms with E-state index in [0.717, 1.165) is 0 Å². The van der Waals surface area contributed by atoms with Gasteiger partial charge in [0.15, 0.2) is 11.5 Å². The van der Waals surface area contributed by atoms with Crippen LogP contribution in [0.5, 0.6) is 17.2 Å². The van der Waals surface area contributed by atoms with Gasteiger partial charge < -0.3 is 24.5 Å². The van der Waals surface area contributed by atoms with Gasteiger partial charge in [0.05, 0.1) is 32.3 Å². The first-order chi connectivity index (χ1) is 9.65. The van der Waals surface area contributed by atoms with Gasteiger partial charge in [0, 0.05) is 6.07 Å². The van der Waals surface area contributed by atoms with Gasteiger partial charge in [-0.3, -0.25) is 0 Å². The second-order valence-electron chi connectivity index (χ2n) is 3.72. The standard InChI is InChI=1S/C12H14BrN3O4/c1-17-7-4-6(13)10(18-2)9(11(7)19-3)12-15-8(5-14)20-16-12/h4H,5,14H2,1-3H3. The van der Waals surface area contributed by atoms with Crippen LogP contribution in [0.4, 0.5) is 0 Å². The molecule has 8 heteroatoms. The van der Waals surface area contributed by atoms with E-state index in [9.17, 15) is 0 Å². The van der Waals surface area contributed by atoms with Crippen molar-refractivity contribution in [3.8, 4) is 28.6 Å². The molecule has 0 aliphatic carbocycles. The van der Waals surface area contributed by atoms with Crippen molar-refractivity contribution in [3.05, 3.63) is 16.4 Å². The third-order valence-corrected chi connectivity index (χ3v) is 3.24. The zero-order valence-corrected chi connectivity index (χ0v) is 12.9. The summed E-state index contributed by atoms with van der Waals surface area (Å²) in [4.78, 5) is 4.19. The molecule has 1 aromatic carbocycles. The van der Waals surface area contributed by atoms with Gasteiger partial charge in [-0.15, -0.1) is 0 Å². The zero-order chi connectivity index (χ0) is 14.7. The molecule has 0 bridgehead atoms. The Morgan fingerprint density at radius 2 is 1.90 bits per heavy atom. The maximum Gasteiger partial charge on any atom is 0.240 e. The number of rotatable bonds is 5. The Balaban J connectivity index is 2.72. The predicted molar refractivity (Wildman–Crippen MR) is 75.0 cm³/mol. The van der Waals surface area contributed by atoms with E-state index in [1.807, 2.05) is 0 Å². The smallest absolute Gasteiger partial charge is 0.240 e. The van der Waals surface area contributed by atoms with Crippen molar-refractivity contribution in [1.29, 1.82) is 0 Å². The van der Waals surface area contributed by atoms with Crippen LogP contribution in [0.15, 0.2) is 15.1 Å². The molecule has 2 rings (SSSR count). The number of benzene rings is 1. The summed E-state index contributed by atoms with van der Waals surface area (Å²) >= 11 is 3.41. The third-order valence-electron chi connectivity index (χ3n) is 2.65. The van der Waals surface area contributed by atoms with Crippen molar-refractivity contribution in [2.75, 3.05) is 21.3 Å². The maximum absolute atomic E-state index is 5.48. The van der Waals surface area contributed by atoms with Crippen LogP contribution in [-0.2, 0) is 6.54 Å². The summed E-state index contributed by atoms with van der Waals surface area (Å²) in [7, 11) is 4.61. The van der Waals surface area contributed by atoms with Crippen LogP contribution < -0.4 is 19.9 Å². The molecule has 0 atom stereocenters. The lowest BCUT2D eigenvalue weighted by molar-refractivity contribution is 0.348. The van der Waals surface area contributed by atoms with Crippen LogP contribution in [0.3, 0.4) is 0 Å². The minimum absolute atomic E-state index is 0.156. The summed E-state index contributed by atoms with van der Waals surface area (Å²) in [5.41, 5.74) is 6.01. The van der Waals surface area contributed by atoms with Gasteiger partial charge in [-0.2, -0.15) is 4.98 Å². The third kappa shape index (κ3) is 2.44. The molecule has 0 unspecified atom stereocenters. The lowest BCUT2D eigenvalue weighted by Crippen LogP contribution is -1.99. The van der Waals surface area contributed by atoms with E-state index in [1.165, 1.54) is 7.11 Å². The van der Waals surface area contributed by atoms with Gasteiger partial charge in [0.25, 0.3) is 0 Å². The molecule has 108 valence electrons. The summed E-state index contributed by atoms with van der Waals surface area (Å²) in [6.45, 7) is 0.156. The van der Waals surface area contributed by atoms with E-state index < -0.39 is 0 Å². The van der Waals surface area contributed by atoms with Crippen molar-refractivity contribution < 1.29 is 18.7 Å². The topological polar surface area (TPSA) is 92.6 Å². The van der Waals surface area contributed by atoms with Crippen LogP contribution in [-0.4, -0.2) is 31.5 Å². The van der Waals surface area contributed by atoms with Crippen molar-refractivity contribution in [1.82, 2.24) is 10.1 Å². The van der Waals surface area contributed by atoms with Crippen LogP contribution in [0.1, 0.15) is 5.89 Å². The predicted octanol–water partition coefficient (Wildman–Crippen LogP) is 1.98. The number of ether oxygens (including phenoxy) is 3. The van der Waals surface area contributed by atoms with E-state index in [0.29, 0.717) is 39.0 Å². The van der Waals surface area contributed by atoms with Crippen LogP contribution in [0.2, 0.25) is 0 Å². The van der Waals surface area contributed by atoms with E-state index in [-0.39, 0.29) is 6.54 Å². The highest BCUT2D eigenvalue weighted by atomic mass is 79.9. The minimum atomic E-state index is 0.156. The van der Waals surface area contributed by atoms with Crippen molar-refractivity contribution in [2.24, 2.45) is 5.73 Å². The number of aromatic nitrogens is 2. The highest BCUT2D eigenvalue weighted by Gasteiger charge is 2.24. The van der Waals surface area contributed by atoms with Gasteiger partial charge in [-0.25, -0.2) is 0 Å². The molecule has 0 aliphatic heterocycles. The fraction of sp³-hybridized carbons (Fsp3) is 0.333. The number of nitrogens with two attached hydrogens (primary N) is 1. The number of hydrogen-bond donors (Lipinski definition) is 1. The number of hydrogen-bond acceptors (Lipinski definition) is 7. The van der Waals surface area contributed by atoms with Crippen LogP contribution in [0.25, 0.3) is 11.4 Å². The normalized spacial score (nSPS) is 10.4. The average Bonchev–Trinajstić information content (AvgIpc) is 2.94. The van der Waals surface area contributed by atoms with Crippen molar-refractivity contribution in [2.45, 2.75) is 6.54 Å². The Labute approximate surface area is 124 Å². The molecule has 0 amide bonds.